The Morgan fingerprint density at radius 1 is 1.29 bits per heavy atom. The van der Waals surface area contributed by atoms with Gasteiger partial charge in [-0.25, -0.2) is 0 Å². The van der Waals surface area contributed by atoms with Crippen molar-refractivity contribution in [3.05, 3.63) is 35.9 Å². The summed E-state index contributed by atoms with van der Waals surface area (Å²) in [6, 6.07) is 10.6. The van der Waals surface area contributed by atoms with Crippen molar-refractivity contribution >= 4 is 9.24 Å². The molecule has 2 rings (SSSR count). The smallest absolute Gasteiger partial charge is 0.0434 e. The number of hydrogen-bond donors (Lipinski definition) is 1. The maximum atomic E-state index is 8.88. The molecular formula is C14H24NOP. The molecule has 2 nitrogen and oxygen atoms in total. The first-order valence-corrected chi connectivity index (χ1v) is 7.49. The summed E-state index contributed by atoms with van der Waals surface area (Å²) in [6.45, 7) is 5.64. The number of hydrogen-bond acceptors (Lipinski definition) is 2. The molecule has 0 aromatic heterocycles. The third-order valence-electron chi connectivity index (χ3n) is 3.16. The Hall–Kier alpha value is -0.430. The second-order valence-corrected chi connectivity index (χ2v) is 4.39. The number of nitrogens with zero attached hydrogens (tertiary/aromatic N) is 1. The molecule has 1 heterocycles. The molecule has 3 heteroatoms. The summed E-state index contributed by atoms with van der Waals surface area (Å²) in [7, 11) is 2.42. The van der Waals surface area contributed by atoms with Crippen LogP contribution in [0.4, 0.5) is 0 Å². The third kappa shape index (κ3) is 5.16. The Labute approximate surface area is 107 Å². The highest BCUT2D eigenvalue weighted by molar-refractivity contribution is 7.15. The van der Waals surface area contributed by atoms with E-state index in [-0.39, 0.29) is 0 Å². The Morgan fingerprint density at radius 3 is 2.65 bits per heavy atom. The van der Waals surface area contributed by atoms with Crippen LogP contribution in [0.1, 0.15) is 18.4 Å². The normalized spacial score (nSPS) is 19.8. The lowest BCUT2D eigenvalue weighted by Gasteiger charge is -2.15. The molecule has 1 fully saturated rings. The van der Waals surface area contributed by atoms with Gasteiger partial charge in [-0.05, 0) is 30.9 Å². The number of likely N-dealkylation sites (tertiary alicyclic amines) is 1. The minimum atomic E-state index is 0.337. The maximum Gasteiger partial charge on any atom is 0.0434 e. The molecule has 1 N–H and O–H groups in total. The van der Waals surface area contributed by atoms with Crippen molar-refractivity contribution in [3.8, 4) is 0 Å². The topological polar surface area (TPSA) is 23.5 Å². The van der Waals surface area contributed by atoms with Gasteiger partial charge in [0.1, 0.15) is 0 Å². The molecule has 96 valence electrons. The lowest BCUT2D eigenvalue weighted by molar-refractivity contribution is 0.249. The number of rotatable bonds is 4. The first-order valence-electron chi connectivity index (χ1n) is 6.33. The molecule has 0 bridgehead atoms. The maximum absolute atomic E-state index is 8.88. The van der Waals surface area contributed by atoms with E-state index in [0.29, 0.717) is 12.5 Å². The number of aliphatic hydroxyl groups is 1. The second kappa shape index (κ2) is 8.63. The zero-order valence-corrected chi connectivity index (χ0v) is 11.8. The van der Waals surface area contributed by atoms with Crippen LogP contribution in [0.5, 0.6) is 0 Å². The fourth-order valence-electron chi connectivity index (χ4n) is 2.32. The van der Waals surface area contributed by atoms with E-state index in [4.69, 9.17) is 5.11 Å². The van der Waals surface area contributed by atoms with Gasteiger partial charge >= 0.3 is 0 Å². The largest absolute Gasteiger partial charge is 0.396 e. The highest BCUT2D eigenvalue weighted by Crippen LogP contribution is 2.20. The quantitative estimate of drug-likeness (QED) is 0.833. The van der Waals surface area contributed by atoms with Crippen LogP contribution in [-0.2, 0) is 6.54 Å². The van der Waals surface area contributed by atoms with Crippen molar-refractivity contribution in [1.82, 2.24) is 4.90 Å². The predicted molar refractivity (Wildman–Crippen MR) is 77.2 cm³/mol. The summed E-state index contributed by atoms with van der Waals surface area (Å²) in [6.07, 6.45) is 2.21. The van der Waals surface area contributed by atoms with E-state index in [1.54, 1.807) is 0 Å². The molecule has 1 aliphatic heterocycles. The van der Waals surface area contributed by atoms with Gasteiger partial charge in [0.2, 0.25) is 0 Å². The van der Waals surface area contributed by atoms with Crippen LogP contribution < -0.4 is 0 Å². The van der Waals surface area contributed by atoms with E-state index >= 15 is 0 Å². The SMILES string of the molecule is CP.OCCC1CCN(Cc2ccccc2)C1. The monoisotopic (exact) mass is 253 g/mol. The van der Waals surface area contributed by atoms with Crippen LogP contribution in [0.25, 0.3) is 0 Å². The van der Waals surface area contributed by atoms with E-state index in [1.165, 1.54) is 18.5 Å². The van der Waals surface area contributed by atoms with Crippen molar-refractivity contribution < 1.29 is 5.11 Å². The average Bonchev–Trinajstić information content (AvgIpc) is 2.81. The number of aliphatic hydroxyl groups excluding tert-OH is 1. The van der Waals surface area contributed by atoms with Gasteiger partial charge in [-0.3, -0.25) is 4.90 Å². The minimum absolute atomic E-state index is 0.337. The van der Waals surface area contributed by atoms with E-state index in [2.05, 4.69) is 44.5 Å². The van der Waals surface area contributed by atoms with Gasteiger partial charge in [0, 0.05) is 19.7 Å². The molecular weight excluding hydrogens is 229 g/mol. The molecule has 17 heavy (non-hydrogen) atoms. The van der Waals surface area contributed by atoms with E-state index < -0.39 is 0 Å². The van der Waals surface area contributed by atoms with Crippen molar-refractivity contribution in [2.45, 2.75) is 19.4 Å². The van der Waals surface area contributed by atoms with Crippen LogP contribution in [0.2, 0.25) is 0 Å². The van der Waals surface area contributed by atoms with Gasteiger partial charge in [-0.1, -0.05) is 37.0 Å². The van der Waals surface area contributed by atoms with E-state index in [1.807, 2.05) is 6.66 Å². The predicted octanol–water partition coefficient (Wildman–Crippen LogP) is 2.38. The summed E-state index contributed by atoms with van der Waals surface area (Å²) in [5.74, 6) is 0.707. The third-order valence-corrected chi connectivity index (χ3v) is 3.16. The lowest BCUT2D eigenvalue weighted by atomic mass is 10.1. The molecule has 1 aromatic carbocycles. The first kappa shape index (κ1) is 14.6. The van der Waals surface area contributed by atoms with Crippen LogP contribution >= 0.6 is 9.24 Å². The van der Waals surface area contributed by atoms with Gasteiger partial charge in [0.05, 0.1) is 0 Å². The molecule has 1 aromatic rings. The molecule has 2 atom stereocenters. The molecule has 0 radical (unpaired) electrons. The lowest BCUT2D eigenvalue weighted by Crippen LogP contribution is -2.20. The highest BCUT2D eigenvalue weighted by Gasteiger charge is 2.21. The van der Waals surface area contributed by atoms with Crippen LogP contribution in [0, 0.1) is 5.92 Å². The molecule has 0 spiro atoms. The van der Waals surface area contributed by atoms with E-state index in [9.17, 15) is 0 Å². The molecule has 0 aliphatic carbocycles. The fraction of sp³-hybridized carbons (Fsp3) is 0.571. The fourth-order valence-corrected chi connectivity index (χ4v) is 2.32. The van der Waals surface area contributed by atoms with Crippen LogP contribution in [-0.4, -0.2) is 36.4 Å². The zero-order chi connectivity index (χ0) is 12.5. The standard InChI is InChI=1S/C13H19NO.CH5P/c15-9-7-13-6-8-14(11-13)10-12-4-2-1-3-5-12;1-2/h1-5,13,15H,6-11H2;2H2,1H3. The zero-order valence-electron chi connectivity index (χ0n) is 10.7. The van der Waals surface area contributed by atoms with Crippen LogP contribution in [0.15, 0.2) is 30.3 Å². The van der Waals surface area contributed by atoms with Crippen molar-refractivity contribution in [2.75, 3.05) is 26.4 Å². The van der Waals surface area contributed by atoms with Gasteiger partial charge in [-0.2, -0.15) is 0 Å². The molecule has 0 amide bonds. The Kier molecular flexibility index (Phi) is 7.43. The summed E-state index contributed by atoms with van der Waals surface area (Å²) in [4.78, 5) is 2.48. The second-order valence-electron chi connectivity index (χ2n) is 4.39. The van der Waals surface area contributed by atoms with Gasteiger partial charge < -0.3 is 5.11 Å². The Bertz CT molecular complexity index is 292. The van der Waals surface area contributed by atoms with Gasteiger partial charge in [-0.15, -0.1) is 9.24 Å². The van der Waals surface area contributed by atoms with Gasteiger partial charge in [0.15, 0.2) is 0 Å². The average molecular weight is 253 g/mol. The van der Waals surface area contributed by atoms with Crippen molar-refractivity contribution in [1.29, 1.82) is 0 Å². The summed E-state index contributed by atoms with van der Waals surface area (Å²) >= 11 is 0. The number of benzene rings is 1. The Morgan fingerprint density at radius 2 is 2.00 bits per heavy atom. The summed E-state index contributed by atoms with van der Waals surface area (Å²) in [5.41, 5.74) is 1.39. The van der Waals surface area contributed by atoms with Crippen molar-refractivity contribution in [3.63, 3.8) is 0 Å². The minimum Gasteiger partial charge on any atom is -0.396 e. The van der Waals surface area contributed by atoms with Crippen molar-refractivity contribution in [2.24, 2.45) is 5.92 Å². The highest BCUT2D eigenvalue weighted by atomic mass is 31.0. The Balaban J connectivity index is 0.000000686. The molecule has 1 aliphatic rings. The molecule has 1 saturated heterocycles. The summed E-state index contributed by atoms with van der Waals surface area (Å²) in [5, 5.41) is 8.88. The van der Waals surface area contributed by atoms with E-state index in [0.717, 1.165) is 19.5 Å². The molecule has 0 saturated carbocycles. The van der Waals surface area contributed by atoms with Crippen LogP contribution in [0.3, 0.4) is 0 Å². The summed E-state index contributed by atoms with van der Waals surface area (Å²) < 4.78 is 0. The van der Waals surface area contributed by atoms with Gasteiger partial charge in [0.25, 0.3) is 0 Å². The molecule has 2 unspecified atom stereocenters. The first-order chi connectivity index (χ1) is 8.38.